The Kier molecular flexibility index (Phi) is 8.45. The second-order valence-corrected chi connectivity index (χ2v) is 8.99. The molecule has 3 N–H and O–H groups in total. The molecule has 10 heteroatoms. The molecule has 0 aliphatic rings. The predicted molar refractivity (Wildman–Crippen MR) is 120 cm³/mol. The number of benzene rings is 1. The third-order valence-corrected chi connectivity index (χ3v) is 6.23. The van der Waals surface area contributed by atoms with Gasteiger partial charge in [0.1, 0.15) is 5.01 Å². The molecule has 1 aromatic heterocycles. The van der Waals surface area contributed by atoms with E-state index in [-0.39, 0.29) is 17.6 Å². The molecule has 0 spiro atoms. The smallest absolute Gasteiger partial charge is 0.347 e. The predicted octanol–water partition coefficient (Wildman–Crippen LogP) is 4.41. The van der Waals surface area contributed by atoms with Gasteiger partial charge in [0.2, 0.25) is 5.91 Å². The van der Waals surface area contributed by atoms with Gasteiger partial charge in [0, 0.05) is 16.7 Å². The van der Waals surface area contributed by atoms with Crippen LogP contribution in [0.2, 0.25) is 0 Å². The zero-order chi connectivity index (χ0) is 21.4. The van der Waals surface area contributed by atoms with Crippen LogP contribution in [0.3, 0.4) is 0 Å². The molecule has 1 aromatic carbocycles. The molecule has 1 amide bonds. The van der Waals surface area contributed by atoms with E-state index in [4.69, 9.17) is 9.54 Å². The highest BCUT2D eigenvalue weighted by atomic mass is 32.2. The van der Waals surface area contributed by atoms with E-state index in [1.807, 2.05) is 23.1 Å². The number of nitrogens with zero attached hydrogens (tertiary/aromatic N) is 1. The number of rotatable bonds is 10. The molecule has 7 nitrogen and oxygen atoms in total. The van der Waals surface area contributed by atoms with Crippen molar-refractivity contribution < 1.29 is 17.8 Å². The summed E-state index contributed by atoms with van der Waals surface area (Å²) in [6.45, 7) is 7.46. The lowest BCUT2D eigenvalue weighted by Gasteiger charge is -2.17. The Morgan fingerprint density at radius 3 is 2.62 bits per heavy atom. The van der Waals surface area contributed by atoms with Crippen LogP contribution >= 0.6 is 23.1 Å². The number of aromatic nitrogens is 1. The van der Waals surface area contributed by atoms with E-state index in [2.05, 4.69) is 11.9 Å². The number of thioether (sulfide) groups is 1. The maximum Gasteiger partial charge on any atom is 0.357 e. The summed E-state index contributed by atoms with van der Waals surface area (Å²) in [4.78, 5) is 17.7. The normalized spacial score (nSPS) is 13.0. The topological polar surface area (TPSA) is 108 Å². The van der Waals surface area contributed by atoms with Crippen molar-refractivity contribution in [3.63, 3.8) is 0 Å². The monoisotopic (exact) mass is 453 g/mol. The van der Waals surface area contributed by atoms with Crippen LogP contribution in [0.15, 0.2) is 47.7 Å². The van der Waals surface area contributed by atoms with E-state index in [1.165, 1.54) is 23.1 Å². The van der Waals surface area contributed by atoms with E-state index < -0.39 is 10.3 Å². The fourth-order valence-electron chi connectivity index (χ4n) is 2.51. The summed E-state index contributed by atoms with van der Waals surface area (Å²) in [5.41, 5.74) is 1.89. The van der Waals surface area contributed by atoms with Gasteiger partial charge in [0.05, 0.1) is 17.4 Å². The van der Waals surface area contributed by atoms with Gasteiger partial charge in [-0.05, 0) is 36.4 Å². The van der Waals surface area contributed by atoms with Crippen molar-refractivity contribution in [3.05, 3.63) is 64.0 Å². The molecule has 2 aromatic rings. The van der Waals surface area contributed by atoms with Crippen LogP contribution in [0.5, 0.6) is 0 Å². The summed E-state index contributed by atoms with van der Waals surface area (Å²) in [6.07, 6.45) is 2.81. The first kappa shape index (κ1) is 23.1. The molecule has 0 unspecified atom stereocenters. The number of thiazole rings is 1. The first-order chi connectivity index (χ1) is 13.8. The maximum absolute atomic E-state index is 12.0. The minimum atomic E-state index is -4.32. The zero-order valence-electron chi connectivity index (χ0n) is 16.1. The molecule has 1 heterocycles. The van der Waals surface area contributed by atoms with Crippen molar-refractivity contribution in [1.29, 1.82) is 0 Å². The highest BCUT2D eigenvalue weighted by Gasteiger charge is 2.19. The first-order valence-corrected chi connectivity index (χ1v) is 12.0. The van der Waals surface area contributed by atoms with Crippen LogP contribution in [0.1, 0.15) is 42.6 Å². The fraction of sp³-hybridized carbons (Fsp3) is 0.263. The van der Waals surface area contributed by atoms with Gasteiger partial charge in [0.25, 0.3) is 0 Å². The Balaban J connectivity index is 2.24. The highest BCUT2D eigenvalue weighted by molar-refractivity contribution is 8.11. The van der Waals surface area contributed by atoms with Crippen LogP contribution in [0.4, 0.5) is 5.69 Å². The summed E-state index contributed by atoms with van der Waals surface area (Å²) in [5, 5.41) is 7.52. The molecule has 1 atom stereocenters. The van der Waals surface area contributed by atoms with Gasteiger partial charge in [-0.1, -0.05) is 43.5 Å². The third kappa shape index (κ3) is 7.32. The molecule has 2 rings (SSSR count). The molecule has 0 saturated carbocycles. The van der Waals surface area contributed by atoms with E-state index in [1.54, 1.807) is 36.6 Å². The van der Waals surface area contributed by atoms with Gasteiger partial charge in [-0.15, -0.1) is 11.3 Å². The van der Waals surface area contributed by atoms with Crippen LogP contribution in [0, 0.1) is 0 Å². The lowest BCUT2D eigenvalue weighted by molar-refractivity contribution is -0.121. The Morgan fingerprint density at radius 1 is 1.38 bits per heavy atom. The Morgan fingerprint density at radius 2 is 2.07 bits per heavy atom. The van der Waals surface area contributed by atoms with Crippen molar-refractivity contribution in [2.24, 2.45) is 0 Å². The van der Waals surface area contributed by atoms with Gasteiger partial charge in [-0.3, -0.25) is 14.1 Å². The standard InChI is InChI=1S/C19H23N3O4S3/c1-4-17(27-6-3)19-21-16(12-28-19)15(20-18(23)5-2)11-13-7-9-14(10-8-13)22-29(24,25)26/h4,6-10,12,15,22H,3,5,11H2,1-2H3,(H,20,23)(H,24,25,26)/b17-4-/t15-/m0/s1. The largest absolute Gasteiger partial charge is 0.357 e. The van der Waals surface area contributed by atoms with Crippen LogP contribution in [-0.2, 0) is 21.5 Å². The maximum atomic E-state index is 12.0. The number of hydrogen-bond donors (Lipinski definition) is 3. The van der Waals surface area contributed by atoms with Crippen molar-refractivity contribution in [1.82, 2.24) is 10.3 Å². The summed E-state index contributed by atoms with van der Waals surface area (Å²) in [7, 11) is -4.32. The SMILES string of the molecule is C=CS/C(=C\C)c1nc([C@H](Cc2ccc(NS(=O)(=O)O)cc2)NC(=O)CC)cs1. The van der Waals surface area contributed by atoms with Gasteiger partial charge in [0.15, 0.2) is 0 Å². The van der Waals surface area contributed by atoms with Crippen LogP contribution in [0.25, 0.3) is 4.91 Å². The van der Waals surface area contributed by atoms with Crippen molar-refractivity contribution >= 4 is 49.9 Å². The molecule has 29 heavy (non-hydrogen) atoms. The summed E-state index contributed by atoms with van der Waals surface area (Å²) < 4.78 is 32.7. The quantitative estimate of drug-likeness (QED) is 0.460. The van der Waals surface area contributed by atoms with Gasteiger partial charge < -0.3 is 5.32 Å². The van der Waals surface area contributed by atoms with Gasteiger partial charge >= 0.3 is 10.3 Å². The number of nitrogens with one attached hydrogen (secondary N) is 2. The Bertz CT molecular complexity index is 982. The lowest BCUT2D eigenvalue weighted by Crippen LogP contribution is -2.29. The van der Waals surface area contributed by atoms with E-state index in [0.29, 0.717) is 12.8 Å². The van der Waals surface area contributed by atoms with Gasteiger partial charge in [-0.25, -0.2) is 4.98 Å². The number of carbonyl (C=O) groups excluding carboxylic acids is 1. The number of allylic oxidation sites excluding steroid dienone is 1. The zero-order valence-corrected chi connectivity index (χ0v) is 18.5. The minimum absolute atomic E-state index is 0.0825. The number of hydrogen-bond acceptors (Lipinski definition) is 6. The summed E-state index contributed by atoms with van der Waals surface area (Å²) >= 11 is 2.99. The molecule has 0 fully saturated rings. The molecule has 0 bridgehead atoms. The molecule has 0 aliphatic carbocycles. The molecular weight excluding hydrogens is 430 g/mol. The molecular formula is C19H23N3O4S3. The first-order valence-electron chi connectivity index (χ1n) is 8.79. The van der Waals surface area contributed by atoms with E-state index in [0.717, 1.165) is 21.2 Å². The van der Waals surface area contributed by atoms with E-state index >= 15 is 0 Å². The minimum Gasteiger partial charge on any atom is -0.347 e. The Labute approximate surface area is 179 Å². The fourth-order valence-corrected chi connectivity index (χ4v) is 4.54. The van der Waals surface area contributed by atoms with E-state index in [9.17, 15) is 13.2 Å². The second-order valence-electron chi connectivity index (χ2n) is 5.97. The number of carbonyl (C=O) groups is 1. The number of anilines is 1. The molecule has 0 aliphatic heterocycles. The number of amides is 1. The molecule has 0 radical (unpaired) electrons. The van der Waals surface area contributed by atoms with Crippen molar-refractivity contribution in [2.45, 2.75) is 32.7 Å². The van der Waals surface area contributed by atoms with Crippen molar-refractivity contribution in [3.8, 4) is 0 Å². The van der Waals surface area contributed by atoms with Gasteiger partial charge in [-0.2, -0.15) is 8.42 Å². The second kappa shape index (κ2) is 10.6. The average molecular weight is 454 g/mol. The van der Waals surface area contributed by atoms with Crippen LogP contribution < -0.4 is 10.0 Å². The summed E-state index contributed by atoms with van der Waals surface area (Å²) in [6, 6.07) is 6.24. The summed E-state index contributed by atoms with van der Waals surface area (Å²) in [5.74, 6) is -0.0825. The highest BCUT2D eigenvalue weighted by Crippen LogP contribution is 2.32. The molecule has 0 saturated heterocycles. The van der Waals surface area contributed by atoms with Crippen LogP contribution in [-0.4, -0.2) is 23.9 Å². The lowest BCUT2D eigenvalue weighted by atomic mass is 10.0. The average Bonchev–Trinajstić information content (AvgIpc) is 3.15. The molecule has 156 valence electrons. The third-order valence-electron chi connectivity index (χ3n) is 3.86. The van der Waals surface area contributed by atoms with Crippen molar-refractivity contribution in [2.75, 3.05) is 4.72 Å². The Hall–Kier alpha value is -2.14.